The maximum absolute atomic E-state index is 12.9. The van der Waals surface area contributed by atoms with Crippen molar-refractivity contribution in [3.05, 3.63) is 72.6 Å². The van der Waals surface area contributed by atoms with E-state index in [0.717, 1.165) is 33.6 Å². The zero-order valence-corrected chi connectivity index (χ0v) is 30.4. The van der Waals surface area contributed by atoms with Crippen LogP contribution in [0.5, 0.6) is 0 Å². The molecule has 14 heteroatoms. The Morgan fingerprint density at radius 3 is 1.51 bits per heavy atom. The first-order chi connectivity index (χ1) is 24.3. The van der Waals surface area contributed by atoms with Crippen LogP contribution >= 0.6 is 0 Å². The van der Waals surface area contributed by atoms with Crippen molar-refractivity contribution in [3.63, 3.8) is 0 Å². The Morgan fingerprint density at radius 1 is 0.647 bits per heavy atom. The van der Waals surface area contributed by atoms with E-state index in [1.54, 1.807) is 17.4 Å². The van der Waals surface area contributed by atoms with Gasteiger partial charge in [0.2, 0.25) is 5.91 Å². The van der Waals surface area contributed by atoms with E-state index in [0.29, 0.717) is 11.6 Å². The van der Waals surface area contributed by atoms with E-state index < -0.39 is 12.2 Å². The van der Waals surface area contributed by atoms with Crippen LogP contribution in [0.2, 0.25) is 0 Å². The lowest BCUT2D eigenvalue weighted by Crippen LogP contribution is -2.50. The predicted molar refractivity (Wildman–Crippen MR) is 193 cm³/mol. The minimum absolute atomic E-state index is 0.0278. The number of ketones is 1. The number of H-pyrrole nitrogens is 2. The Kier molecular flexibility index (Phi) is 13.1. The molecule has 0 aliphatic carbocycles. The smallest absolute Gasteiger partial charge is 0.425 e. The number of benzene rings is 2. The van der Waals surface area contributed by atoms with Crippen molar-refractivity contribution in [2.24, 2.45) is 0 Å². The topological polar surface area (TPSA) is 175 Å². The van der Waals surface area contributed by atoms with Gasteiger partial charge in [-0.3, -0.25) is 15.0 Å². The Bertz CT molecular complexity index is 1780. The number of methoxy groups -OCH3 is 2. The number of hydrogen-bond acceptors (Lipinski definition) is 9. The van der Waals surface area contributed by atoms with Crippen LogP contribution in [-0.4, -0.2) is 86.7 Å². The number of hydrazine groups is 2. The summed E-state index contributed by atoms with van der Waals surface area (Å²) in [5.74, 6) is 0.767. The zero-order chi connectivity index (χ0) is 37.2. The molecular formula is C37H48N8O6. The molecular weight excluding hydrogens is 652 g/mol. The summed E-state index contributed by atoms with van der Waals surface area (Å²) in [5.41, 5.74) is 10.8. The highest BCUT2D eigenvalue weighted by Gasteiger charge is 2.24. The summed E-state index contributed by atoms with van der Waals surface area (Å²) in [6.45, 7) is 11.3. The minimum Gasteiger partial charge on any atom is -0.452 e. The summed E-state index contributed by atoms with van der Waals surface area (Å²) in [6.07, 6.45) is 2.63. The van der Waals surface area contributed by atoms with Crippen molar-refractivity contribution in [1.82, 2.24) is 40.8 Å². The van der Waals surface area contributed by atoms with Gasteiger partial charge in [-0.05, 0) is 49.9 Å². The molecule has 0 radical (unpaired) electrons. The van der Waals surface area contributed by atoms with Gasteiger partial charge in [0.1, 0.15) is 17.4 Å². The number of nitrogens with one attached hydrogen (secondary N) is 4. The fourth-order valence-corrected chi connectivity index (χ4v) is 5.44. The highest BCUT2D eigenvalue weighted by atomic mass is 16.5. The van der Waals surface area contributed by atoms with Crippen molar-refractivity contribution in [1.29, 1.82) is 0 Å². The minimum atomic E-state index is -0.698. The van der Waals surface area contributed by atoms with Gasteiger partial charge in [-0.25, -0.2) is 35.0 Å². The maximum atomic E-state index is 12.9. The maximum Gasteiger partial charge on any atom is 0.425 e. The SMILES string of the molecule is COC(=O)NN(CC(=O)C[C@@H](C)c1ncc(-c2ccc(-c3ccc(-c4cnc([C@H](C)CC(=O)N(NC(=O)OC)C(C)C)[nH]4)cc3)cc2)[nH]1)C(C)C. The molecule has 0 spiro atoms. The number of aromatic amines is 2. The molecule has 4 rings (SSSR count). The number of aromatic nitrogens is 4. The summed E-state index contributed by atoms with van der Waals surface area (Å²) in [7, 11) is 2.53. The molecule has 4 N–H and O–H groups in total. The molecule has 0 unspecified atom stereocenters. The Hall–Kier alpha value is -5.50. The third-order valence-electron chi connectivity index (χ3n) is 8.44. The van der Waals surface area contributed by atoms with Gasteiger partial charge in [0, 0.05) is 36.8 Å². The monoisotopic (exact) mass is 700 g/mol. The van der Waals surface area contributed by atoms with Crippen LogP contribution < -0.4 is 10.9 Å². The average molecular weight is 701 g/mol. The zero-order valence-electron chi connectivity index (χ0n) is 30.4. The second kappa shape index (κ2) is 17.4. The van der Waals surface area contributed by atoms with E-state index in [1.807, 2.05) is 77.9 Å². The third kappa shape index (κ3) is 10.3. The lowest BCUT2D eigenvalue weighted by atomic mass is 10.0. The highest BCUT2D eigenvalue weighted by molar-refractivity contribution is 5.82. The number of rotatable bonds is 14. The van der Waals surface area contributed by atoms with Gasteiger partial charge >= 0.3 is 12.2 Å². The standard InChI is InChI=1S/C37H48N8O6/c1-22(2)44(42-36(48)50-7)21-30(46)17-24(5)34-38-19-31(40-34)28-13-9-26(10-14-28)27-11-15-29(16-12-27)32-20-39-35(41-32)25(6)18-33(47)45(23(3)4)43-37(49)51-8/h9-16,19-20,22-25H,17-18,21H2,1-8H3,(H,38,40)(H,39,41)(H,42,48)(H,43,49)/t24-,25-/m1/s1. The van der Waals surface area contributed by atoms with E-state index in [-0.39, 0.29) is 55.0 Å². The molecule has 2 atom stereocenters. The number of imidazole rings is 2. The number of nitrogens with zero attached hydrogens (tertiary/aromatic N) is 4. The van der Waals surface area contributed by atoms with Crippen LogP contribution in [0, 0.1) is 0 Å². The second-order valence-electron chi connectivity index (χ2n) is 13.1. The predicted octanol–water partition coefficient (Wildman–Crippen LogP) is 6.18. The molecule has 4 aromatic rings. The fourth-order valence-electron chi connectivity index (χ4n) is 5.44. The largest absolute Gasteiger partial charge is 0.452 e. The third-order valence-corrected chi connectivity index (χ3v) is 8.44. The molecule has 2 aromatic heterocycles. The van der Waals surface area contributed by atoms with Crippen molar-refractivity contribution >= 4 is 23.9 Å². The summed E-state index contributed by atoms with van der Waals surface area (Å²) in [4.78, 5) is 64.8. The van der Waals surface area contributed by atoms with Crippen LogP contribution in [0.25, 0.3) is 33.6 Å². The van der Waals surface area contributed by atoms with Crippen LogP contribution in [0.15, 0.2) is 60.9 Å². The lowest BCUT2D eigenvalue weighted by molar-refractivity contribution is -0.136. The van der Waals surface area contributed by atoms with Crippen molar-refractivity contribution in [3.8, 4) is 33.6 Å². The molecule has 0 aliphatic heterocycles. The molecule has 51 heavy (non-hydrogen) atoms. The normalized spacial score (nSPS) is 12.5. The average Bonchev–Trinajstić information content (AvgIpc) is 3.81. The highest BCUT2D eigenvalue weighted by Crippen LogP contribution is 2.28. The van der Waals surface area contributed by atoms with Crippen molar-refractivity contribution in [2.75, 3.05) is 20.8 Å². The Balaban J connectivity index is 1.35. The van der Waals surface area contributed by atoms with Gasteiger partial charge in [0.05, 0.1) is 44.5 Å². The van der Waals surface area contributed by atoms with Gasteiger partial charge in [0.25, 0.3) is 0 Å². The van der Waals surface area contributed by atoms with E-state index in [4.69, 9.17) is 0 Å². The molecule has 2 heterocycles. The molecule has 0 aliphatic rings. The van der Waals surface area contributed by atoms with Crippen LogP contribution in [0.3, 0.4) is 0 Å². The van der Waals surface area contributed by atoms with Crippen LogP contribution in [0.4, 0.5) is 9.59 Å². The summed E-state index contributed by atoms with van der Waals surface area (Å²) >= 11 is 0. The number of hydrogen-bond donors (Lipinski definition) is 4. The van der Waals surface area contributed by atoms with Crippen molar-refractivity contribution in [2.45, 2.75) is 78.3 Å². The van der Waals surface area contributed by atoms with Gasteiger partial charge in [-0.2, -0.15) is 0 Å². The number of carbonyl (C=O) groups is 4. The van der Waals surface area contributed by atoms with E-state index >= 15 is 0 Å². The first-order valence-corrected chi connectivity index (χ1v) is 16.9. The number of amides is 3. The summed E-state index contributed by atoms with van der Waals surface area (Å²) < 4.78 is 9.29. The first kappa shape index (κ1) is 38.3. The van der Waals surface area contributed by atoms with Gasteiger partial charge in [-0.15, -0.1) is 0 Å². The Morgan fingerprint density at radius 2 is 1.08 bits per heavy atom. The molecule has 0 saturated carbocycles. The van der Waals surface area contributed by atoms with E-state index in [1.165, 1.54) is 19.2 Å². The summed E-state index contributed by atoms with van der Waals surface area (Å²) in [6, 6.07) is 16.0. The number of carbonyl (C=O) groups excluding carboxylic acids is 4. The quantitative estimate of drug-likeness (QED) is 0.112. The fraction of sp³-hybridized carbons (Fsp3) is 0.405. The van der Waals surface area contributed by atoms with E-state index in [9.17, 15) is 19.2 Å². The molecule has 14 nitrogen and oxygen atoms in total. The van der Waals surface area contributed by atoms with Crippen molar-refractivity contribution < 1.29 is 28.7 Å². The Labute approximate surface area is 298 Å². The van der Waals surface area contributed by atoms with Gasteiger partial charge in [-0.1, -0.05) is 62.4 Å². The van der Waals surface area contributed by atoms with Gasteiger partial charge < -0.3 is 19.4 Å². The second-order valence-corrected chi connectivity index (χ2v) is 13.1. The number of ether oxygens (including phenoxy) is 2. The van der Waals surface area contributed by atoms with Gasteiger partial charge in [0.15, 0.2) is 0 Å². The lowest BCUT2D eigenvalue weighted by Gasteiger charge is -2.27. The summed E-state index contributed by atoms with van der Waals surface area (Å²) in [5, 5.41) is 2.83. The van der Waals surface area contributed by atoms with E-state index in [2.05, 4.69) is 52.4 Å². The first-order valence-electron chi connectivity index (χ1n) is 16.9. The van der Waals surface area contributed by atoms with Crippen LogP contribution in [-0.2, 0) is 19.1 Å². The molecule has 272 valence electrons. The molecule has 0 saturated heterocycles. The number of Topliss-reactive ketones (excluding diaryl/α,β-unsaturated/α-hetero) is 1. The van der Waals surface area contributed by atoms with Crippen LogP contribution in [0.1, 0.15) is 77.9 Å². The molecule has 0 bridgehead atoms. The molecule has 0 fully saturated rings. The molecule has 2 aromatic carbocycles. The molecule has 3 amide bonds.